The second kappa shape index (κ2) is 16.9. The van der Waals surface area contributed by atoms with Gasteiger partial charge in [-0.2, -0.15) is 0 Å². The van der Waals surface area contributed by atoms with Crippen molar-refractivity contribution >= 4 is 17.8 Å². The highest BCUT2D eigenvalue weighted by Crippen LogP contribution is 2.26. The second-order valence-corrected chi connectivity index (χ2v) is 9.67. The molecule has 2 rings (SSSR count). The van der Waals surface area contributed by atoms with E-state index >= 15 is 0 Å². The molecule has 0 aliphatic carbocycles. The van der Waals surface area contributed by atoms with E-state index in [0.717, 1.165) is 29.5 Å². The van der Waals surface area contributed by atoms with Crippen molar-refractivity contribution in [1.29, 1.82) is 0 Å². The van der Waals surface area contributed by atoms with Gasteiger partial charge in [0, 0.05) is 32.0 Å². The molecule has 1 N–H and O–H groups in total. The molecule has 0 bridgehead atoms. The van der Waals surface area contributed by atoms with Gasteiger partial charge in [0.05, 0.1) is 7.11 Å². The maximum absolute atomic E-state index is 12.3. The summed E-state index contributed by atoms with van der Waals surface area (Å²) < 4.78 is 9.98. The molecule has 0 heterocycles. The number of esters is 1. The summed E-state index contributed by atoms with van der Waals surface area (Å²) in [5.41, 5.74) is 3.29. The molecule has 0 spiro atoms. The first-order valence-electron chi connectivity index (χ1n) is 13.6. The Morgan fingerprint density at radius 2 is 1.67 bits per heavy atom. The highest BCUT2D eigenvalue weighted by molar-refractivity contribution is 5.92. The number of carbonyl (C=O) groups excluding carboxylic acids is 2. The van der Waals surface area contributed by atoms with Crippen molar-refractivity contribution in [1.82, 2.24) is 4.90 Å². The Hall–Kier alpha value is -3.79. The summed E-state index contributed by atoms with van der Waals surface area (Å²) in [5.74, 6) is 4.80. The normalized spacial score (nSPS) is 10.4. The lowest BCUT2D eigenvalue weighted by Gasteiger charge is -2.22. The van der Waals surface area contributed by atoms with E-state index in [-0.39, 0.29) is 23.8 Å². The van der Waals surface area contributed by atoms with Crippen molar-refractivity contribution in [2.75, 3.05) is 20.3 Å². The number of aromatic carboxylic acids is 1. The van der Waals surface area contributed by atoms with E-state index in [0.29, 0.717) is 25.1 Å². The van der Waals surface area contributed by atoms with Gasteiger partial charge in [-0.05, 0) is 54.7 Å². The maximum atomic E-state index is 12.3. The van der Waals surface area contributed by atoms with Gasteiger partial charge in [-0.1, -0.05) is 69.1 Å². The van der Waals surface area contributed by atoms with Crippen LogP contribution in [0.3, 0.4) is 0 Å². The standard InChI is InChI=1S/C32H41NO6/c1-5-6-7-8-9-10-11-12-13-26-14-16-27(17-15-26)22-33(25(3)34)19-18-28-20-24(2)31(29(21-28)32(36)37)39-23-30(35)38-4/h14-17,20-21H,5-11,18-19,22-23H2,1-4H3,(H,36,37). The lowest BCUT2D eigenvalue weighted by molar-refractivity contribution is -0.143. The number of methoxy groups -OCH3 is 1. The Morgan fingerprint density at radius 1 is 0.974 bits per heavy atom. The number of aryl methyl sites for hydroxylation is 1. The largest absolute Gasteiger partial charge is 0.481 e. The SMILES string of the molecule is CCCCCCCCC#Cc1ccc(CN(CCc2cc(C)c(OCC(=O)OC)c(C(=O)O)c2)C(C)=O)cc1. The number of ether oxygens (including phenoxy) is 2. The van der Waals surface area contributed by atoms with Gasteiger partial charge in [-0.15, -0.1) is 0 Å². The monoisotopic (exact) mass is 535 g/mol. The molecule has 0 aliphatic rings. The number of benzene rings is 2. The Kier molecular flexibility index (Phi) is 13.6. The molecule has 7 heteroatoms. The number of nitrogens with zero attached hydrogens (tertiary/aromatic N) is 1. The molecule has 0 saturated heterocycles. The fraction of sp³-hybridized carbons (Fsp3) is 0.469. The minimum Gasteiger partial charge on any atom is -0.481 e. The van der Waals surface area contributed by atoms with Crippen LogP contribution in [-0.2, 0) is 27.3 Å². The van der Waals surface area contributed by atoms with Crippen LogP contribution in [0.4, 0.5) is 0 Å². The van der Waals surface area contributed by atoms with Gasteiger partial charge in [0.2, 0.25) is 5.91 Å². The fourth-order valence-corrected chi connectivity index (χ4v) is 4.22. The molecule has 7 nitrogen and oxygen atoms in total. The summed E-state index contributed by atoms with van der Waals surface area (Å²) in [7, 11) is 1.24. The average molecular weight is 536 g/mol. The average Bonchev–Trinajstić information content (AvgIpc) is 2.91. The van der Waals surface area contributed by atoms with Crippen LogP contribution in [0.25, 0.3) is 0 Å². The van der Waals surface area contributed by atoms with Crippen LogP contribution in [0.2, 0.25) is 0 Å². The van der Waals surface area contributed by atoms with Crippen LogP contribution in [0, 0.1) is 18.8 Å². The fourth-order valence-electron chi connectivity index (χ4n) is 4.22. The third-order valence-electron chi connectivity index (χ3n) is 6.46. The van der Waals surface area contributed by atoms with Crippen molar-refractivity contribution in [3.05, 3.63) is 64.2 Å². The first kappa shape index (κ1) is 31.4. The van der Waals surface area contributed by atoms with E-state index in [1.165, 1.54) is 52.2 Å². The molecule has 0 fully saturated rings. The molecule has 39 heavy (non-hydrogen) atoms. The zero-order chi connectivity index (χ0) is 28.6. The predicted octanol–water partition coefficient (Wildman–Crippen LogP) is 5.94. The minimum absolute atomic E-state index is 0.0310. The van der Waals surface area contributed by atoms with Crippen molar-refractivity contribution in [3.8, 4) is 17.6 Å². The molecular weight excluding hydrogens is 494 g/mol. The Balaban J connectivity index is 1.97. The molecule has 0 unspecified atom stereocenters. The van der Waals surface area contributed by atoms with Gasteiger partial charge in [0.1, 0.15) is 11.3 Å². The molecule has 1 amide bonds. The molecule has 0 radical (unpaired) electrons. The van der Waals surface area contributed by atoms with Crippen molar-refractivity contribution in [2.45, 2.75) is 78.7 Å². The van der Waals surface area contributed by atoms with Gasteiger partial charge < -0.3 is 19.5 Å². The van der Waals surface area contributed by atoms with Crippen LogP contribution in [-0.4, -0.2) is 48.1 Å². The summed E-state index contributed by atoms with van der Waals surface area (Å²) >= 11 is 0. The smallest absolute Gasteiger partial charge is 0.343 e. The number of amides is 1. The number of carboxylic acids is 1. The summed E-state index contributed by atoms with van der Waals surface area (Å²) in [6.07, 6.45) is 8.93. The van der Waals surface area contributed by atoms with Crippen LogP contribution in [0.5, 0.6) is 5.75 Å². The maximum Gasteiger partial charge on any atom is 0.343 e. The first-order chi connectivity index (χ1) is 18.7. The molecule has 0 aliphatic heterocycles. The number of hydrogen-bond donors (Lipinski definition) is 1. The van der Waals surface area contributed by atoms with E-state index < -0.39 is 11.9 Å². The molecule has 0 atom stereocenters. The number of carbonyl (C=O) groups is 3. The van der Waals surface area contributed by atoms with Gasteiger partial charge in [0.25, 0.3) is 0 Å². The minimum atomic E-state index is -1.15. The summed E-state index contributed by atoms with van der Waals surface area (Å²) in [5, 5.41) is 9.67. The Bertz CT molecular complexity index is 1160. The van der Waals surface area contributed by atoms with E-state index in [2.05, 4.69) is 23.5 Å². The zero-order valence-corrected chi connectivity index (χ0v) is 23.7. The van der Waals surface area contributed by atoms with Crippen molar-refractivity contribution in [2.24, 2.45) is 0 Å². The van der Waals surface area contributed by atoms with Crippen LogP contribution in [0.1, 0.15) is 91.4 Å². The lowest BCUT2D eigenvalue weighted by atomic mass is 10.0. The number of hydrogen-bond acceptors (Lipinski definition) is 5. The number of carboxylic acid groups (broad SMARTS) is 1. The highest BCUT2D eigenvalue weighted by atomic mass is 16.6. The molecular formula is C32H41NO6. The van der Waals surface area contributed by atoms with Gasteiger partial charge in [-0.3, -0.25) is 4.79 Å². The van der Waals surface area contributed by atoms with Crippen molar-refractivity contribution < 1.29 is 29.0 Å². The predicted molar refractivity (Wildman–Crippen MR) is 152 cm³/mol. The quantitative estimate of drug-likeness (QED) is 0.172. The molecule has 0 saturated carbocycles. The topological polar surface area (TPSA) is 93.1 Å². The second-order valence-electron chi connectivity index (χ2n) is 9.67. The van der Waals surface area contributed by atoms with Gasteiger partial charge in [-0.25, -0.2) is 9.59 Å². The Morgan fingerprint density at radius 3 is 2.31 bits per heavy atom. The van der Waals surface area contributed by atoms with Crippen LogP contribution < -0.4 is 4.74 Å². The molecule has 210 valence electrons. The van der Waals surface area contributed by atoms with E-state index in [1.807, 2.05) is 30.3 Å². The van der Waals surface area contributed by atoms with Crippen molar-refractivity contribution in [3.63, 3.8) is 0 Å². The summed E-state index contributed by atoms with van der Waals surface area (Å²) in [6, 6.07) is 11.3. The van der Waals surface area contributed by atoms with E-state index in [4.69, 9.17) is 4.74 Å². The van der Waals surface area contributed by atoms with Gasteiger partial charge in [0.15, 0.2) is 6.61 Å². The van der Waals surface area contributed by atoms with Crippen LogP contribution in [0.15, 0.2) is 36.4 Å². The third kappa shape index (κ3) is 11.2. The van der Waals surface area contributed by atoms with E-state index in [1.54, 1.807) is 11.8 Å². The highest BCUT2D eigenvalue weighted by Gasteiger charge is 2.18. The third-order valence-corrected chi connectivity index (χ3v) is 6.46. The lowest BCUT2D eigenvalue weighted by Crippen LogP contribution is -2.30. The van der Waals surface area contributed by atoms with Gasteiger partial charge >= 0.3 is 11.9 Å². The van der Waals surface area contributed by atoms with Crippen LogP contribution >= 0.6 is 0 Å². The molecule has 2 aromatic carbocycles. The molecule has 0 aromatic heterocycles. The molecule has 2 aromatic rings. The number of unbranched alkanes of at least 4 members (excludes halogenated alkanes) is 6. The number of rotatable bonds is 15. The summed E-state index contributed by atoms with van der Waals surface area (Å²) in [6.45, 7) is 5.98. The first-order valence-corrected chi connectivity index (χ1v) is 13.6. The zero-order valence-electron chi connectivity index (χ0n) is 23.7. The summed E-state index contributed by atoms with van der Waals surface area (Å²) in [4.78, 5) is 37.3. The Labute approximate surface area is 232 Å². The van der Waals surface area contributed by atoms with E-state index in [9.17, 15) is 19.5 Å².